The summed E-state index contributed by atoms with van der Waals surface area (Å²) in [4.78, 5) is 17.9. The number of ketones is 1. The molecule has 0 N–H and O–H groups in total. The molecular weight excluding hydrogens is 440 g/mol. The van der Waals surface area contributed by atoms with Gasteiger partial charge in [0.2, 0.25) is 0 Å². The molecule has 1 aliphatic heterocycles. The Hall–Kier alpha value is -2.75. The summed E-state index contributed by atoms with van der Waals surface area (Å²) in [5.41, 5.74) is 5.02. The highest BCUT2D eigenvalue weighted by molar-refractivity contribution is 5.96. The first-order valence-electron chi connectivity index (χ1n) is 14.0. The van der Waals surface area contributed by atoms with Crippen LogP contribution in [0.1, 0.15) is 84.0 Å². The third-order valence-corrected chi connectivity index (χ3v) is 8.19. The van der Waals surface area contributed by atoms with Gasteiger partial charge in [-0.1, -0.05) is 104 Å². The van der Waals surface area contributed by atoms with Crippen molar-refractivity contribution in [1.29, 1.82) is 0 Å². The molecule has 188 valence electrons. The van der Waals surface area contributed by atoms with Gasteiger partial charge in [-0.2, -0.15) is 0 Å². The first kappa shape index (κ1) is 24.9. The average Bonchev–Trinajstić information content (AvgIpc) is 2.96. The van der Waals surface area contributed by atoms with Crippen LogP contribution in [0.5, 0.6) is 0 Å². The van der Waals surface area contributed by atoms with E-state index in [9.17, 15) is 4.79 Å². The highest BCUT2D eigenvalue weighted by Gasteiger charge is 2.26. The van der Waals surface area contributed by atoms with Crippen LogP contribution in [-0.4, -0.2) is 48.3 Å². The molecule has 0 bridgehead atoms. The van der Waals surface area contributed by atoms with Crippen LogP contribution in [0.2, 0.25) is 0 Å². The standard InChI is InChI=1S/C33H40N2O/c36-32(29-20-18-28(19-21-29)27-11-4-1-5-12-27)17-10-22-34-23-25-35(26-24-34)33(30-13-6-2-7-14-30)31-15-8-3-9-16-31/h2-3,6-9,13-16,18-21,27,33H,1,4-5,10-12,17,22-26H2. The van der Waals surface area contributed by atoms with Gasteiger partial charge in [-0.15, -0.1) is 0 Å². The summed E-state index contributed by atoms with van der Waals surface area (Å²) in [5, 5.41) is 0. The molecule has 0 spiro atoms. The van der Waals surface area contributed by atoms with Gasteiger partial charge < -0.3 is 4.90 Å². The van der Waals surface area contributed by atoms with Crippen LogP contribution in [0.4, 0.5) is 0 Å². The smallest absolute Gasteiger partial charge is 0.162 e. The molecule has 1 heterocycles. The van der Waals surface area contributed by atoms with E-state index >= 15 is 0 Å². The minimum atomic E-state index is 0.289. The van der Waals surface area contributed by atoms with Gasteiger partial charge in [0.1, 0.15) is 0 Å². The van der Waals surface area contributed by atoms with Gasteiger partial charge in [-0.05, 0) is 48.4 Å². The van der Waals surface area contributed by atoms with Gasteiger partial charge in [0.15, 0.2) is 5.78 Å². The zero-order valence-electron chi connectivity index (χ0n) is 21.5. The molecule has 36 heavy (non-hydrogen) atoms. The summed E-state index contributed by atoms with van der Waals surface area (Å²) in [5.74, 6) is 0.988. The minimum Gasteiger partial charge on any atom is -0.301 e. The van der Waals surface area contributed by atoms with Crippen molar-refractivity contribution in [2.45, 2.75) is 56.9 Å². The molecule has 0 atom stereocenters. The maximum atomic E-state index is 12.8. The Kier molecular flexibility index (Phi) is 8.63. The molecule has 1 saturated carbocycles. The molecule has 0 radical (unpaired) electrons. The first-order valence-corrected chi connectivity index (χ1v) is 14.0. The Morgan fingerprint density at radius 1 is 0.722 bits per heavy atom. The Morgan fingerprint density at radius 3 is 1.89 bits per heavy atom. The Bertz CT molecular complexity index is 1030. The van der Waals surface area contributed by atoms with Crippen LogP contribution in [0.3, 0.4) is 0 Å². The normalized spacial score (nSPS) is 17.9. The quantitative estimate of drug-likeness (QED) is 0.305. The monoisotopic (exact) mass is 480 g/mol. The van der Waals surface area contributed by atoms with Crippen molar-refractivity contribution in [1.82, 2.24) is 9.80 Å². The van der Waals surface area contributed by atoms with E-state index in [2.05, 4.69) is 94.7 Å². The van der Waals surface area contributed by atoms with E-state index in [0.29, 0.717) is 18.4 Å². The molecule has 1 aliphatic carbocycles. The number of rotatable bonds is 9. The molecule has 0 unspecified atom stereocenters. The van der Waals surface area contributed by atoms with E-state index in [1.165, 1.54) is 48.8 Å². The van der Waals surface area contributed by atoms with E-state index in [1.54, 1.807) is 0 Å². The van der Waals surface area contributed by atoms with Crippen molar-refractivity contribution in [3.05, 3.63) is 107 Å². The molecular formula is C33H40N2O. The highest BCUT2D eigenvalue weighted by Crippen LogP contribution is 2.33. The first-order chi connectivity index (χ1) is 17.8. The second-order valence-electron chi connectivity index (χ2n) is 10.6. The van der Waals surface area contributed by atoms with Gasteiger partial charge in [0.25, 0.3) is 0 Å². The summed E-state index contributed by atoms with van der Waals surface area (Å²) in [6.45, 7) is 5.21. The van der Waals surface area contributed by atoms with Crippen molar-refractivity contribution in [3.63, 3.8) is 0 Å². The lowest BCUT2D eigenvalue weighted by molar-refractivity contribution is 0.0942. The molecule has 0 amide bonds. The molecule has 2 aliphatic rings. The predicted octanol–water partition coefficient (Wildman–Crippen LogP) is 7.10. The summed E-state index contributed by atoms with van der Waals surface area (Å²) >= 11 is 0. The Balaban J connectivity index is 1.10. The van der Waals surface area contributed by atoms with Gasteiger partial charge in [-0.25, -0.2) is 0 Å². The fourth-order valence-corrected chi connectivity index (χ4v) is 6.11. The molecule has 0 aromatic heterocycles. The third-order valence-electron chi connectivity index (χ3n) is 8.19. The molecule has 3 heteroatoms. The molecule has 3 aromatic carbocycles. The van der Waals surface area contributed by atoms with Gasteiger partial charge >= 0.3 is 0 Å². The maximum absolute atomic E-state index is 12.8. The molecule has 3 aromatic rings. The van der Waals surface area contributed by atoms with E-state index in [-0.39, 0.29) is 5.78 Å². The van der Waals surface area contributed by atoms with Crippen molar-refractivity contribution in [2.24, 2.45) is 0 Å². The third kappa shape index (κ3) is 6.32. The Morgan fingerprint density at radius 2 is 1.31 bits per heavy atom. The number of hydrogen-bond acceptors (Lipinski definition) is 3. The lowest BCUT2D eigenvalue weighted by Crippen LogP contribution is -2.48. The van der Waals surface area contributed by atoms with Crippen LogP contribution in [-0.2, 0) is 0 Å². The van der Waals surface area contributed by atoms with Crippen molar-refractivity contribution in [3.8, 4) is 0 Å². The van der Waals surface area contributed by atoms with Crippen molar-refractivity contribution < 1.29 is 4.79 Å². The zero-order valence-corrected chi connectivity index (χ0v) is 21.5. The van der Waals surface area contributed by atoms with Gasteiger partial charge in [0.05, 0.1) is 6.04 Å². The van der Waals surface area contributed by atoms with Crippen LogP contribution < -0.4 is 0 Å². The fraction of sp³-hybridized carbons (Fsp3) is 0.424. The fourth-order valence-electron chi connectivity index (χ4n) is 6.11. The average molecular weight is 481 g/mol. The van der Waals surface area contributed by atoms with Crippen LogP contribution >= 0.6 is 0 Å². The maximum Gasteiger partial charge on any atom is 0.162 e. The summed E-state index contributed by atoms with van der Waals surface area (Å²) in [6, 6.07) is 30.6. The zero-order chi connectivity index (χ0) is 24.6. The summed E-state index contributed by atoms with van der Waals surface area (Å²) < 4.78 is 0. The number of benzene rings is 3. The Labute approximate surface area is 217 Å². The minimum absolute atomic E-state index is 0.289. The number of carbonyl (C=O) groups is 1. The highest BCUT2D eigenvalue weighted by atomic mass is 16.1. The largest absolute Gasteiger partial charge is 0.301 e. The second kappa shape index (κ2) is 12.5. The van der Waals surface area contributed by atoms with Gasteiger partial charge in [-0.3, -0.25) is 9.69 Å². The van der Waals surface area contributed by atoms with Crippen LogP contribution in [0.15, 0.2) is 84.9 Å². The van der Waals surface area contributed by atoms with Gasteiger partial charge in [0, 0.05) is 38.2 Å². The molecule has 3 nitrogen and oxygen atoms in total. The molecule has 5 rings (SSSR count). The van der Waals surface area contributed by atoms with Crippen molar-refractivity contribution >= 4 is 5.78 Å². The van der Waals surface area contributed by atoms with E-state index in [1.807, 2.05) is 0 Å². The SMILES string of the molecule is O=C(CCCN1CCN(C(c2ccccc2)c2ccccc2)CC1)c1ccc(C2CCCCC2)cc1. The number of Topliss-reactive ketones (excluding diaryl/α,β-unsaturated/α-hetero) is 1. The number of piperazine rings is 1. The van der Waals surface area contributed by atoms with E-state index in [4.69, 9.17) is 0 Å². The summed E-state index contributed by atoms with van der Waals surface area (Å²) in [6.07, 6.45) is 8.25. The van der Waals surface area contributed by atoms with Crippen LogP contribution in [0.25, 0.3) is 0 Å². The topological polar surface area (TPSA) is 23.6 Å². The lowest BCUT2D eigenvalue weighted by atomic mass is 9.84. The van der Waals surface area contributed by atoms with Crippen LogP contribution in [0, 0.1) is 0 Å². The number of nitrogens with zero attached hydrogens (tertiary/aromatic N) is 2. The lowest BCUT2D eigenvalue weighted by Gasteiger charge is -2.39. The van der Waals surface area contributed by atoms with E-state index in [0.717, 1.165) is 44.7 Å². The molecule has 1 saturated heterocycles. The van der Waals surface area contributed by atoms with Crippen molar-refractivity contribution in [2.75, 3.05) is 32.7 Å². The number of carbonyl (C=O) groups excluding carboxylic acids is 1. The second-order valence-corrected chi connectivity index (χ2v) is 10.6. The number of hydrogen-bond donors (Lipinski definition) is 0. The van der Waals surface area contributed by atoms with E-state index < -0.39 is 0 Å². The predicted molar refractivity (Wildman–Crippen MR) is 149 cm³/mol. The molecule has 2 fully saturated rings. The summed E-state index contributed by atoms with van der Waals surface area (Å²) in [7, 11) is 0.